The molecule has 4 heterocycles. The summed E-state index contributed by atoms with van der Waals surface area (Å²) in [4.78, 5) is 20.0. The van der Waals surface area contributed by atoms with Crippen molar-refractivity contribution in [1.29, 1.82) is 0 Å². The molecule has 5 rings (SSSR count). The Morgan fingerprint density at radius 1 is 1.06 bits per heavy atom. The Bertz CT molecular complexity index is 1240. The van der Waals surface area contributed by atoms with Crippen molar-refractivity contribution in [2.24, 2.45) is 0 Å². The topological polar surface area (TPSA) is 85.8 Å². The number of imidazole rings is 1. The Morgan fingerprint density at radius 3 is 2.69 bits per heavy atom. The number of aryl methyl sites for hydroxylation is 1. The van der Waals surface area contributed by atoms with Gasteiger partial charge in [-0.05, 0) is 55.3 Å². The molecule has 1 fully saturated rings. The molecule has 0 radical (unpaired) electrons. The standard InChI is InChI=1S/C24H24FN7/c1-16-18(3-2-10-27-16)13-31-12-9-20(14-31)32-15-29-22(17-4-6-19(25)7-5-17)23(32)21-8-11-28-24(26)30-21/h2-8,10-11,15,20H,9,12-14H2,1H3,(H2,26,28,30). The van der Waals surface area contributed by atoms with Gasteiger partial charge in [0.2, 0.25) is 5.95 Å². The van der Waals surface area contributed by atoms with Gasteiger partial charge in [0.25, 0.3) is 0 Å². The lowest BCUT2D eigenvalue weighted by Gasteiger charge is -2.19. The van der Waals surface area contributed by atoms with E-state index in [0.29, 0.717) is 5.69 Å². The summed E-state index contributed by atoms with van der Waals surface area (Å²) in [6, 6.07) is 12.6. The first-order valence-corrected chi connectivity index (χ1v) is 10.6. The second-order valence-electron chi connectivity index (χ2n) is 8.08. The van der Waals surface area contributed by atoms with E-state index in [2.05, 4.69) is 30.5 Å². The number of nitrogen functional groups attached to an aromatic ring is 1. The van der Waals surface area contributed by atoms with Crippen LogP contribution in [0.3, 0.4) is 0 Å². The number of pyridine rings is 1. The van der Waals surface area contributed by atoms with Crippen LogP contribution in [-0.4, -0.2) is 42.5 Å². The summed E-state index contributed by atoms with van der Waals surface area (Å²) in [5.41, 5.74) is 11.4. The maximum absolute atomic E-state index is 13.5. The molecule has 0 bridgehead atoms. The summed E-state index contributed by atoms with van der Waals surface area (Å²) in [6.45, 7) is 4.78. The van der Waals surface area contributed by atoms with E-state index < -0.39 is 0 Å². The van der Waals surface area contributed by atoms with Crippen molar-refractivity contribution in [3.05, 3.63) is 78.3 Å². The van der Waals surface area contributed by atoms with Gasteiger partial charge in [0, 0.05) is 49.3 Å². The van der Waals surface area contributed by atoms with Gasteiger partial charge in [-0.15, -0.1) is 0 Å². The molecule has 0 aliphatic carbocycles. The summed E-state index contributed by atoms with van der Waals surface area (Å²) < 4.78 is 15.7. The quantitative estimate of drug-likeness (QED) is 0.518. The minimum atomic E-state index is -0.279. The third kappa shape index (κ3) is 3.97. The molecule has 0 amide bonds. The van der Waals surface area contributed by atoms with Gasteiger partial charge in [-0.2, -0.15) is 0 Å². The van der Waals surface area contributed by atoms with Crippen LogP contribution < -0.4 is 5.73 Å². The highest BCUT2D eigenvalue weighted by Crippen LogP contribution is 2.35. The fourth-order valence-corrected chi connectivity index (χ4v) is 4.32. The Hall–Kier alpha value is -3.65. The highest BCUT2D eigenvalue weighted by molar-refractivity contribution is 5.77. The van der Waals surface area contributed by atoms with Crippen LogP contribution in [0.4, 0.5) is 10.3 Å². The molecule has 32 heavy (non-hydrogen) atoms. The first-order valence-electron chi connectivity index (χ1n) is 10.6. The number of halogens is 1. The summed E-state index contributed by atoms with van der Waals surface area (Å²) in [5.74, 6) is -0.0708. The minimum Gasteiger partial charge on any atom is -0.368 e. The lowest BCUT2D eigenvalue weighted by molar-refractivity contribution is 0.315. The second-order valence-corrected chi connectivity index (χ2v) is 8.08. The van der Waals surface area contributed by atoms with Crippen molar-refractivity contribution in [1.82, 2.24) is 29.4 Å². The van der Waals surface area contributed by atoms with E-state index in [1.54, 1.807) is 18.3 Å². The maximum Gasteiger partial charge on any atom is 0.220 e. The molecule has 4 aromatic rings. The Morgan fingerprint density at radius 2 is 1.91 bits per heavy atom. The number of benzene rings is 1. The third-order valence-electron chi connectivity index (χ3n) is 5.98. The fourth-order valence-electron chi connectivity index (χ4n) is 4.32. The van der Waals surface area contributed by atoms with Gasteiger partial charge >= 0.3 is 0 Å². The zero-order chi connectivity index (χ0) is 22.1. The molecule has 3 aromatic heterocycles. The largest absolute Gasteiger partial charge is 0.368 e. The van der Waals surface area contributed by atoms with Crippen LogP contribution in [-0.2, 0) is 6.54 Å². The van der Waals surface area contributed by atoms with Crippen LogP contribution in [0.25, 0.3) is 22.6 Å². The van der Waals surface area contributed by atoms with Gasteiger partial charge < -0.3 is 10.3 Å². The molecule has 1 saturated heterocycles. The highest BCUT2D eigenvalue weighted by atomic mass is 19.1. The van der Waals surface area contributed by atoms with E-state index in [1.165, 1.54) is 17.7 Å². The number of nitrogens with two attached hydrogens (primary N) is 1. The number of likely N-dealkylation sites (tertiary alicyclic amines) is 1. The van der Waals surface area contributed by atoms with Gasteiger partial charge in [0.15, 0.2) is 0 Å². The molecule has 1 aromatic carbocycles. The zero-order valence-corrected chi connectivity index (χ0v) is 17.8. The van der Waals surface area contributed by atoms with Crippen LogP contribution in [0.2, 0.25) is 0 Å². The van der Waals surface area contributed by atoms with E-state index in [-0.39, 0.29) is 17.8 Å². The van der Waals surface area contributed by atoms with Crippen LogP contribution in [0.15, 0.2) is 61.2 Å². The normalized spacial score (nSPS) is 16.5. The average molecular weight is 430 g/mol. The van der Waals surface area contributed by atoms with Crippen molar-refractivity contribution in [3.63, 3.8) is 0 Å². The SMILES string of the molecule is Cc1ncccc1CN1CCC(n2cnc(-c3ccc(F)cc3)c2-c2ccnc(N)n2)C1. The van der Waals surface area contributed by atoms with Gasteiger partial charge in [-0.1, -0.05) is 6.07 Å². The van der Waals surface area contributed by atoms with Crippen molar-refractivity contribution in [2.45, 2.75) is 25.9 Å². The molecule has 1 aliphatic rings. The molecule has 8 heteroatoms. The molecule has 0 saturated carbocycles. The Balaban J connectivity index is 1.49. The molecular formula is C24H24FN7. The number of anilines is 1. The summed E-state index contributed by atoms with van der Waals surface area (Å²) in [7, 11) is 0. The van der Waals surface area contributed by atoms with Gasteiger partial charge in [0.05, 0.1) is 23.4 Å². The van der Waals surface area contributed by atoms with Gasteiger partial charge in [0.1, 0.15) is 5.82 Å². The summed E-state index contributed by atoms with van der Waals surface area (Å²) in [5, 5.41) is 0. The van der Waals surface area contributed by atoms with Gasteiger partial charge in [-0.3, -0.25) is 9.88 Å². The first kappa shape index (κ1) is 20.3. The number of aromatic nitrogens is 5. The third-order valence-corrected chi connectivity index (χ3v) is 5.98. The molecule has 1 aliphatic heterocycles. The predicted octanol–water partition coefficient (Wildman–Crippen LogP) is 3.88. The van der Waals surface area contributed by atoms with Crippen LogP contribution in [0, 0.1) is 12.7 Å². The van der Waals surface area contributed by atoms with E-state index in [0.717, 1.165) is 48.7 Å². The second kappa shape index (κ2) is 8.47. The smallest absolute Gasteiger partial charge is 0.220 e. The van der Waals surface area contributed by atoms with Crippen molar-refractivity contribution in [2.75, 3.05) is 18.8 Å². The van der Waals surface area contributed by atoms with E-state index in [1.807, 2.05) is 31.6 Å². The average Bonchev–Trinajstić information content (AvgIpc) is 3.43. The van der Waals surface area contributed by atoms with E-state index in [9.17, 15) is 4.39 Å². The lowest BCUT2D eigenvalue weighted by atomic mass is 10.1. The van der Waals surface area contributed by atoms with Crippen molar-refractivity contribution < 1.29 is 4.39 Å². The molecule has 162 valence electrons. The number of hydrogen-bond donors (Lipinski definition) is 1. The molecule has 0 spiro atoms. The molecule has 1 unspecified atom stereocenters. The van der Waals surface area contributed by atoms with Crippen LogP contribution in [0.5, 0.6) is 0 Å². The van der Waals surface area contributed by atoms with Gasteiger partial charge in [-0.25, -0.2) is 19.3 Å². The van der Waals surface area contributed by atoms with E-state index >= 15 is 0 Å². The lowest BCUT2D eigenvalue weighted by Crippen LogP contribution is -2.22. The fraction of sp³-hybridized carbons (Fsp3) is 0.250. The van der Waals surface area contributed by atoms with Crippen molar-refractivity contribution in [3.8, 4) is 22.6 Å². The Kier molecular flexibility index (Phi) is 5.36. The first-order chi connectivity index (χ1) is 15.6. The number of hydrogen-bond acceptors (Lipinski definition) is 6. The van der Waals surface area contributed by atoms with E-state index in [4.69, 9.17) is 10.7 Å². The number of nitrogens with zero attached hydrogens (tertiary/aromatic N) is 6. The molecule has 7 nitrogen and oxygen atoms in total. The predicted molar refractivity (Wildman–Crippen MR) is 121 cm³/mol. The minimum absolute atomic E-state index is 0.209. The molecule has 2 N–H and O–H groups in total. The Labute approximate surface area is 185 Å². The monoisotopic (exact) mass is 429 g/mol. The zero-order valence-electron chi connectivity index (χ0n) is 17.8. The van der Waals surface area contributed by atoms with Crippen LogP contribution >= 0.6 is 0 Å². The van der Waals surface area contributed by atoms with Crippen molar-refractivity contribution >= 4 is 5.95 Å². The number of rotatable bonds is 5. The van der Waals surface area contributed by atoms with Crippen LogP contribution in [0.1, 0.15) is 23.7 Å². The highest BCUT2D eigenvalue weighted by Gasteiger charge is 2.28. The maximum atomic E-state index is 13.5. The summed E-state index contributed by atoms with van der Waals surface area (Å²) >= 11 is 0. The molecular weight excluding hydrogens is 405 g/mol. The molecule has 1 atom stereocenters. The summed E-state index contributed by atoms with van der Waals surface area (Å²) in [6.07, 6.45) is 6.32.